The monoisotopic (exact) mass is 759 g/mol. The maximum Gasteiger partial charge on any atom is 0.0645 e. The smallest absolute Gasteiger partial charge is 0.0645 e. The molecule has 0 heterocycles. The second-order valence-electron chi connectivity index (χ2n) is 14.4. The van der Waals surface area contributed by atoms with E-state index in [9.17, 15) is 11.0 Å². The molecular formula is C58H41N. The molecule has 0 aliphatic carbocycles. The molecule has 0 fully saturated rings. The second-order valence-corrected chi connectivity index (χ2v) is 14.4. The maximum atomic E-state index is 9.61. The zero-order chi connectivity index (χ0) is 46.3. The van der Waals surface area contributed by atoms with Crippen LogP contribution in [0.5, 0.6) is 0 Å². The van der Waals surface area contributed by atoms with Gasteiger partial charge in [0.15, 0.2) is 0 Å². The largest absolute Gasteiger partial charge is 0.311 e. The van der Waals surface area contributed by atoms with Crippen molar-refractivity contribution in [2.75, 3.05) is 4.90 Å². The van der Waals surface area contributed by atoms with E-state index >= 15 is 0 Å². The van der Waals surface area contributed by atoms with Crippen LogP contribution in [0.25, 0.3) is 77.5 Å². The first-order chi connectivity index (χ1) is 32.6. The summed E-state index contributed by atoms with van der Waals surface area (Å²) >= 11 is 0. The maximum absolute atomic E-state index is 9.61. The third-order valence-corrected chi connectivity index (χ3v) is 10.6. The highest BCUT2D eigenvalue weighted by Crippen LogP contribution is 2.39. The van der Waals surface area contributed by atoms with Gasteiger partial charge in [-0.1, -0.05) is 194 Å². The first kappa shape index (κ1) is 27.8. The normalized spacial score (nSPS) is 12.9. The fourth-order valence-electron chi connectivity index (χ4n) is 7.49. The Morgan fingerprint density at radius 2 is 0.559 bits per heavy atom. The fraction of sp³-hybridized carbons (Fsp3) is 0. The molecule has 0 spiro atoms. The molecule has 0 atom stereocenters. The quantitative estimate of drug-likeness (QED) is 0.142. The molecule has 0 saturated heterocycles. The molecule has 10 aromatic rings. The Hall–Kier alpha value is -7.74. The molecule has 0 radical (unpaired) electrons. The number of benzene rings is 10. The van der Waals surface area contributed by atoms with E-state index in [0.717, 1.165) is 55.3 Å². The van der Waals surface area contributed by atoms with E-state index < -0.39 is 24.2 Å². The molecule has 0 aliphatic rings. The molecule has 10 aromatic carbocycles. The van der Waals surface area contributed by atoms with Crippen molar-refractivity contribution in [2.45, 2.75) is 0 Å². The number of rotatable bonds is 9. The van der Waals surface area contributed by atoms with Crippen LogP contribution in [0.4, 0.5) is 17.1 Å². The van der Waals surface area contributed by atoms with Crippen molar-refractivity contribution >= 4 is 27.8 Å². The Morgan fingerprint density at radius 3 is 1.07 bits per heavy atom. The van der Waals surface area contributed by atoms with Gasteiger partial charge in [0.2, 0.25) is 0 Å². The molecule has 10 rings (SSSR count). The summed E-state index contributed by atoms with van der Waals surface area (Å²) in [6.45, 7) is 0. The zero-order valence-corrected chi connectivity index (χ0v) is 32.0. The summed E-state index contributed by atoms with van der Waals surface area (Å²) in [5.41, 5.74) is 8.64. The summed E-state index contributed by atoms with van der Waals surface area (Å²) in [7, 11) is 0. The minimum atomic E-state index is -0.399. The van der Waals surface area contributed by atoms with Crippen molar-refractivity contribution in [3.05, 3.63) is 249 Å². The Balaban J connectivity index is 1.12. The summed E-state index contributed by atoms with van der Waals surface area (Å²) in [6, 6.07) is 61.3. The predicted octanol–water partition coefficient (Wildman–Crippen LogP) is 16.3. The highest BCUT2D eigenvalue weighted by Gasteiger charge is 2.15. The van der Waals surface area contributed by atoms with Gasteiger partial charge in [0, 0.05) is 17.1 Å². The van der Waals surface area contributed by atoms with Crippen molar-refractivity contribution in [2.24, 2.45) is 0 Å². The standard InChI is InChI=1S/C58H41N/c1-3-11-42(12-4-1)45-21-23-46(24-22-45)47-27-33-56(34-28-47)59(57-35-29-48(30-36-57)52-18-9-17-51(39-52)43-13-5-2-6-14-43)58-37-31-49(32-38-58)53-19-10-20-54(40-53)55-26-25-44-15-7-8-16-50(44)41-55/h1-41H/i29D,30D,31D,32D,35D,36D,37D,38D. The van der Waals surface area contributed by atoms with Crippen molar-refractivity contribution in [3.8, 4) is 66.8 Å². The lowest BCUT2D eigenvalue weighted by molar-refractivity contribution is 1.28. The van der Waals surface area contributed by atoms with Crippen LogP contribution in [0.1, 0.15) is 11.0 Å². The van der Waals surface area contributed by atoms with Gasteiger partial charge in [-0.05, 0) is 132 Å². The lowest BCUT2D eigenvalue weighted by Crippen LogP contribution is -2.09. The van der Waals surface area contributed by atoms with Gasteiger partial charge in [-0.3, -0.25) is 0 Å². The topological polar surface area (TPSA) is 3.24 Å². The molecule has 278 valence electrons. The van der Waals surface area contributed by atoms with Gasteiger partial charge in [-0.15, -0.1) is 0 Å². The summed E-state index contributed by atoms with van der Waals surface area (Å²) < 4.78 is 76.2. The van der Waals surface area contributed by atoms with Crippen LogP contribution >= 0.6 is 0 Å². The van der Waals surface area contributed by atoms with Gasteiger partial charge >= 0.3 is 0 Å². The molecular weight excluding hydrogens is 711 g/mol. The molecule has 0 aliphatic heterocycles. The van der Waals surface area contributed by atoms with Crippen molar-refractivity contribution in [1.82, 2.24) is 0 Å². The van der Waals surface area contributed by atoms with Gasteiger partial charge in [-0.2, -0.15) is 0 Å². The number of anilines is 3. The Labute approximate surface area is 358 Å². The van der Waals surface area contributed by atoms with E-state index in [2.05, 4.69) is 30.3 Å². The predicted molar refractivity (Wildman–Crippen MR) is 251 cm³/mol. The molecule has 0 aromatic heterocycles. The van der Waals surface area contributed by atoms with Crippen molar-refractivity contribution in [3.63, 3.8) is 0 Å². The van der Waals surface area contributed by atoms with Gasteiger partial charge in [0.25, 0.3) is 0 Å². The Morgan fingerprint density at radius 1 is 0.220 bits per heavy atom. The molecule has 59 heavy (non-hydrogen) atoms. The lowest BCUT2D eigenvalue weighted by Gasteiger charge is -2.26. The summed E-state index contributed by atoms with van der Waals surface area (Å²) in [5.74, 6) is 0. The first-order valence-corrected chi connectivity index (χ1v) is 19.6. The molecule has 0 unspecified atom stereocenters. The minimum absolute atomic E-state index is 0.101. The van der Waals surface area contributed by atoms with E-state index in [1.807, 2.05) is 146 Å². The molecule has 0 bridgehead atoms. The zero-order valence-electron chi connectivity index (χ0n) is 40.0. The van der Waals surface area contributed by atoms with E-state index in [4.69, 9.17) is 0 Å². The van der Waals surface area contributed by atoms with E-state index in [1.165, 1.54) is 4.90 Å². The third-order valence-electron chi connectivity index (χ3n) is 10.6. The lowest BCUT2D eigenvalue weighted by atomic mass is 9.97. The Bertz CT molecular complexity index is 3430. The van der Waals surface area contributed by atoms with Crippen molar-refractivity contribution < 1.29 is 11.0 Å². The van der Waals surface area contributed by atoms with Crippen LogP contribution in [-0.4, -0.2) is 0 Å². The summed E-state index contributed by atoms with van der Waals surface area (Å²) in [4.78, 5) is 1.35. The SMILES string of the molecule is [2H]c1c([2H])c(N(c2ccc(-c3ccc(-c4ccccc4)cc3)cc2)c2c([2H])c([2H])c(-c3cccc(-c4ccc5ccccc5c4)c3)c([2H])c2[2H])c([2H])c([2H])c1-c1cccc(-c2ccccc2)c1. The number of nitrogens with zero attached hydrogens (tertiary/aromatic N) is 1. The van der Waals surface area contributed by atoms with Crippen LogP contribution in [-0.2, 0) is 0 Å². The van der Waals surface area contributed by atoms with Crippen LogP contribution < -0.4 is 4.90 Å². The molecule has 0 saturated carbocycles. The van der Waals surface area contributed by atoms with E-state index in [-0.39, 0.29) is 46.7 Å². The van der Waals surface area contributed by atoms with Crippen LogP contribution in [0.3, 0.4) is 0 Å². The molecule has 0 amide bonds. The highest BCUT2D eigenvalue weighted by molar-refractivity contribution is 5.88. The molecule has 0 N–H and O–H groups in total. The number of hydrogen-bond donors (Lipinski definition) is 0. The third kappa shape index (κ3) is 7.58. The fourth-order valence-corrected chi connectivity index (χ4v) is 7.49. The van der Waals surface area contributed by atoms with E-state index in [0.29, 0.717) is 16.8 Å². The van der Waals surface area contributed by atoms with Gasteiger partial charge < -0.3 is 4.90 Å². The Kier molecular flexibility index (Phi) is 7.54. The van der Waals surface area contributed by atoms with Gasteiger partial charge in [-0.25, -0.2) is 0 Å². The average Bonchev–Trinajstić information content (AvgIpc) is 3.38. The first-order valence-electron chi connectivity index (χ1n) is 23.6. The van der Waals surface area contributed by atoms with Crippen LogP contribution in [0.2, 0.25) is 0 Å². The molecule has 1 heteroatoms. The van der Waals surface area contributed by atoms with Crippen LogP contribution in [0.15, 0.2) is 249 Å². The van der Waals surface area contributed by atoms with E-state index in [1.54, 1.807) is 24.3 Å². The van der Waals surface area contributed by atoms with Crippen LogP contribution in [0, 0.1) is 0 Å². The van der Waals surface area contributed by atoms with Gasteiger partial charge in [0.1, 0.15) is 0 Å². The van der Waals surface area contributed by atoms with Crippen molar-refractivity contribution in [1.29, 1.82) is 0 Å². The summed E-state index contributed by atoms with van der Waals surface area (Å²) in [6.07, 6.45) is 0. The number of fused-ring (bicyclic) bond motifs is 1. The summed E-state index contributed by atoms with van der Waals surface area (Å²) in [5, 5.41) is 2.17. The number of hydrogen-bond acceptors (Lipinski definition) is 1. The minimum Gasteiger partial charge on any atom is -0.311 e. The average molecular weight is 760 g/mol. The second kappa shape index (κ2) is 16.0. The highest BCUT2D eigenvalue weighted by atomic mass is 15.1. The van der Waals surface area contributed by atoms with Gasteiger partial charge in [0.05, 0.1) is 11.0 Å². The molecule has 1 nitrogen and oxygen atoms in total.